The summed E-state index contributed by atoms with van der Waals surface area (Å²) in [5, 5.41) is 2.76. The molecule has 1 N–H and O–H groups in total. The van der Waals surface area contributed by atoms with Gasteiger partial charge in [0, 0.05) is 26.6 Å². The zero-order valence-corrected chi connectivity index (χ0v) is 9.19. The van der Waals surface area contributed by atoms with Crippen molar-refractivity contribution < 1.29 is 9.59 Å². The van der Waals surface area contributed by atoms with Crippen LogP contribution in [0.3, 0.4) is 0 Å². The van der Waals surface area contributed by atoms with Crippen LogP contribution in [0.2, 0.25) is 0 Å². The number of carbonyl (C=O) groups is 2. The minimum Gasteiger partial charge on any atom is -0.352 e. The zero-order valence-electron chi connectivity index (χ0n) is 9.19. The molecule has 2 amide bonds. The van der Waals surface area contributed by atoms with Crippen LogP contribution in [0.25, 0.3) is 0 Å². The normalized spacial score (nSPS) is 13.4. The summed E-state index contributed by atoms with van der Waals surface area (Å²) in [6.07, 6.45) is 0.869. The Hall–Kier alpha value is -1.84. The summed E-state index contributed by atoms with van der Waals surface area (Å²) >= 11 is 0. The molecule has 84 valence electrons. The lowest BCUT2D eigenvalue weighted by molar-refractivity contribution is -0.119. The molecular formula is C12H14N2O2. The highest BCUT2D eigenvalue weighted by molar-refractivity contribution is 5.72. The highest BCUT2D eigenvalue weighted by Crippen LogP contribution is 2.22. The standard InChI is InChI=1S/C12H14N2O2/c1-9(16)13-5-10-2-3-11-6-14(8-15)7-12(11)4-10/h2-4,8H,5-7H2,1H3,(H,13,16). The minimum atomic E-state index is -0.0324. The number of carbonyl (C=O) groups excluding carboxylic acids is 2. The van der Waals surface area contributed by atoms with Gasteiger partial charge in [0.15, 0.2) is 0 Å². The number of fused-ring (bicyclic) bond motifs is 1. The zero-order chi connectivity index (χ0) is 11.5. The van der Waals surface area contributed by atoms with Gasteiger partial charge in [-0.05, 0) is 16.7 Å². The molecule has 0 unspecified atom stereocenters. The van der Waals surface area contributed by atoms with Gasteiger partial charge in [0.1, 0.15) is 0 Å². The Labute approximate surface area is 94.2 Å². The first kappa shape index (κ1) is 10.7. The quantitative estimate of drug-likeness (QED) is 0.763. The second kappa shape index (κ2) is 4.35. The van der Waals surface area contributed by atoms with Crippen LogP contribution in [-0.2, 0) is 29.2 Å². The Kier molecular flexibility index (Phi) is 2.90. The van der Waals surface area contributed by atoms with Crippen molar-refractivity contribution in [3.8, 4) is 0 Å². The predicted octanol–water partition coefficient (Wildman–Crippen LogP) is 0.795. The van der Waals surface area contributed by atoms with Crippen molar-refractivity contribution in [1.82, 2.24) is 10.2 Å². The van der Waals surface area contributed by atoms with E-state index < -0.39 is 0 Å². The molecule has 0 aliphatic carbocycles. The number of nitrogens with one attached hydrogen (secondary N) is 1. The molecule has 16 heavy (non-hydrogen) atoms. The van der Waals surface area contributed by atoms with Gasteiger partial charge in [-0.25, -0.2) is 0 Å². The maximum atomic E-state index is 10.8. The first-order chi connectivity index (χ1) is 7.69. The highest BCUT2D eigenvalue weighted by atomic mass is 16.1. The SMILES string of the molecule is CC(=O)NCc1ccc2c(c1)CN(C=O)C2. The van der Waals surface area contributed by atoms with Gasteiger partial charge in [-0.2, -0.15) is 0 Å². The summed E-state index contributed by atoms with van der Waals surface area (Å²) in [6, 6.07) is 6.06. The Morgan fingerprint density at radius 3 is 2.88 bits per heavy atom. The van der Waals surface area contributed by atoms with E-state index in [0.717, 1.165) is 12.0 Å². The van der Waals surface area contributed by atoms with Gasteiger partial charge >= 0.3 is 0 Å². The third-order valence-electron chi connectivity index (χ3n) is 2.71. The van der Waals surface area contributed by atoms with E-state index in [2.05, 4.69) is 11.4 Å². The van der Waals surface area contributed by atoms with Crippen molar-refractivity contribution in [2.24, 2.45) is 0 Å². The van der Waals surface area contributed by atoms with Crippen LogP contribution in [0, 0.1) is 0 Å². The smallest absolute Gasteiger partial charge is 0.217 e. The molecule has 0 radical (unpaired) electrons. The lowest BCUT2D eigenvalue weighted by atomic mass is 10.1. The molecule has 0 saturated heterocycles. The Morgan fingerprint density at radius 2 is 2.19 bits per heavy atom. The largest absolute Gasteiger partial charge is 0.352 e. The molecule has 1 aromatic carbocycles. The average Bonchev–Trinajstić information content (AvgIpc) is 2.68. The second-order valence-electron chi connectivity index (χ2n) is 4.02. The Bertz CT molecular complexity index is 429. The highest BCUT2D eigenvalue weighted by Gasteiger charge is 2.17. The van der Waals surface area contributed by atoms with Crippen molar-refractivity contribution in [3.05, 3.63) is 34.9 Å². The summed E-state index contributed by atoms with van der Waals surface area (Å²) in [5.41, 5.74) is 3.44. The summed E-state index contributed by atoms with van der Waals surface area (Å²) < 4.78 is 0. The topological polar surface area (TPSA) is 49.4 Å². The number of hydrogen-bond donors (Lipinski definition) is 1. The number of benzene rings is 1. The lowest BCUT2D eigenvalue weighted by Crippen LogP contribution is -2.18. The van der Waals surface area contributed by atoms with E-state index in [9.17, 15) is 9.59 Å². The van der Waals surface area contributed by atoms with E-state index >= 15 is 0 Å². The van der Waals surface area contributed by atoms with Gasteiger partial charge in [0.2, 0.25) is 12.3 Å². The maximum Gasteiger partial charge on any atom is 0.217 e. The summed E-state index contributed by atoms with van der Waals surface area (Å²) in [7, 11) is 0. The summed E-state index contributed by atoms with van der Waals surface area (Å²) in [4.78, 5) is 23.2. The Balaban J connectivity index is 2.09. The van der Waals surface area contributed by atoms with Crippen molar-refractivity contribution in [2.75, 3.05) is 0 Å². The number of rotatable bonds is 3. The van der Waals surface area contributed by atoms with Crippen molar-refractivity contribution >= 4 is 12.3 Å². The first-order valence-corrected chi connectivity index (χ1v) is 5.23. The molecule has 0 aromatic heterocycles. The lowest BCUT2D eigenvalue weighted by Gasteiger charge is -2.05. The molecule has 4 nitrogen and oxygen atoms in total. The fourth-order valence-corrected chi connectivity index (χ4v) is 1.89. The maximum absolute atomic E-state index is 10.8. The van der Waals surface area contributed by atoms with Crippen LogP contribution < -0.4 is 5.32 Å². The van der Waals surface area contributed by atoms with Crippen LogP contribution in [-0.4, -0.2) is 17.2 Å². The molecular weight excluding hydrogens is 204 g/mol. The molecule has 1 aliphatic rings. The number of amides is 2. The molecule has 0 fully saturated rings. The van der Waals surface area contributed by atoms with Gasteiger partial charge in [0.25, 0.3) is 0 Å². The van der Waals surface area contributed by atoms with Crippen LogP contribution in [0.1, 0.15) is 23.6 Å². The van der Waals surface area contributed by atoms with Gasteiger partial charge < -0.3 is 10.2 Å². The minimum absolute atomic E-state index is 0.0324. The average molecular weight is 218 g/mol. The second-order valence-corrected chi connectivity index (χ2v) is 4.02. The molecule has 0 saturated carbocycles. The third-order valence-corrected chi connectivity index (χ3v) is 2.71. The monoisotopic (exact) mass is 218 g/mol. The third kappa shape index (κ3) is 2.21. The molecule has 0 atom stereocenters. The fourth-order valence-electron chi connectivity index (χ4n) is 1.89. The summed E-state index contributed by atoms with van der Waals surface area (Å²) in [5.74, 6) is -0.0324. The van der Waals surface area contributed by atoms with Crippen LogP contribution in [0.5, 0.6) is 0 Å². The van der Waals surface area contributed by atoms with E-state index in [4.69, 9.17) is 0 Å². The Morgan fingerprint density at radius 1 is 1.44 bits per heavy atom. The number of nitrogens with zero attached hydrogens (tertiary/aromatic N) is 1. The van der Waals surface area contributed by atoms with Crippen LogP contribution in [0.4, 0.5) is 0 Å². The molecule has 1 aromatic rings. The number of hydrogen-bond acceptors (Lipinski definition) is 2. The molecule has 4 heteroatoms. The van der Waals surface area contributed by atoms with E-state index in [0.29, 0.717) is 19.6 Å². The fraction of sp³-hybridized carbons (Fsp3) is 0.333. The van der Waals surface area contributed by atoms with Crippen molar-refractivity contribution in [2.45, 2.75) is 26.6 Å². The first-order valence-electron chi connectivity index (χ1n) is 5.23. The van der Waals surface area contributed by atoms with E-state index in [-0.39, 0.29) is 5.91 Å². The summed E-state index contributed by atoms with van der Waals surface area (Å²) in [6.45, 7) is 3.41. The van der Waals surface area contributed by atoms with E-state index in [1.165, 1.54) is 18.1 Å². The van der Waals surface area contributed by atoms with Gasteiger partial charge in [-0.1, -0.05) is 18.2 Å². The van der Waals surface area contributed by atoms with E-state index in [1.54, 1.807) is 4.90 Å². The van der Waals surface area contributed by atoms with Crippen LogP contribution >= 0.6 is 0 Å². The molecule has 1 heterocycles. The molecule has 0 bridgehead atoms. The van der Waals surface area contributed by atoms with Gasteiger partial charge in [-0.3, -0.25) is 9.59 Å². The van der Waals surface area contributed by atoms with Crippen LogP contribution in [0.15, 0.2) is 18.2 Å². The van der Waals surface area contributed by atoms with Gasteiger partial charge in [-0.15, -0.1) is 0 Å². The molecule has 1 aliphatic heterocycles. The predicted molar refractivity (Wildman–Crippen MR) is 59.3 cm³/mol. The van der Waals surface area contributed by atoms with E-state index in [1.807, 2.05) is 12.1 Å². The van der Waals surface area contributed by atoms with Gasteiger partial charge in [0.05, 0.1) is 0 Å². The van der Waals surface area contributed by atoms with Crippen molar-refractivity contribution in [1.29, 1.82) is 0 Å². The van der Waals surface area contributed by atoms with Crippen molar-refractivity contribution in [3.63, 3.8) is 0 Å². The molecule has 0 spiro atoms. The molecule has 2 rings (SSSR count).